The molecule has 1 atom stereocenters. The molecule has 2 N–H and O–H groups in total. The zero-order valence-electron chi connectivity index (χ0n) is 17.0. The molecule has 1 unspecified atom stereocenters. The Bertz CT molecular complexity index is 1230. The van der Waals surface area contributed by atoms with Gasteiger partial charge in [-0.2, -0.15) is 0 Å². The molecule has 2 aromatic carbocycles. The van der Waals surface area contributed by atoms with E-state index in [2.05, 4.69) is 15.3 Å². The zero-order valence-corrected chi connectivity index (χ0v) is 17.7. The maximum atomic E-state index is 11.1. The predicted octanol–water partition coefficient (Wildman–Crippen LogP) is 5.82. The van der Waals surface area contributed by atoms with Crippen molar-refractivity contribution in [2.24, 2.45) is 0 Å². The largest absolute Gasteiger partial charge is 0.505 e. The molecule has 0 aliphatic carbocycles. The summed E-state index contributed by atoms with van der Waals surface area (Å²) in [6.07, 6.45) is 3.29. The van der Waals surface area contributed by atoms with Crippen LogP contribution in [0.15, 0.2) is 60.9 Å². The molecule has 0 aliphatic rings. The number of ether oxygens (including phenoxy) is 1. The maximum Gasteiger partial charge on any atom is 0.147 e. The van der Waals surface area contributed by atoms with Crippen LogP contribution in [0.1, 0.15) is 28.3 Å². The Morgan fingerprint density at radius 2 is 1.87 bits per heavy atom. The molecule has 0 bridgehead atoms. The number of rotatable bonds is 5. The molecule has 2 aromatic heterocycles. The smallest absolute Gasteiger partial charge is 0.147 e. The number of anilines is 1. The summed E-state index contributed by atoms with van der Waals surface area (Å²) in [5, 5.41) is 16.0. The van der Waals surface area contributed by atoms with Crippen LogP contribution in [0.5, 0.6) is 11.5 Å². The zero-order chi connectivity index (χ0) is 21.3. The van der Waals surface area contributed by atoms with Crippen LogP contribution in [0.2, 0.25) is 5.02 Å². The number of aromatic nitrogens is 2. The lowest BCUT2D eigenvalue weighted by Crippen LogP contribution is -2.14. The number of pyridine rings is 2. The third-order valence-electron chi connectivity index (χ3n) is 5.19. The topological polar surface area (TPSA) is 67.3 Å². The first-order valence-corrected chi connectivity index (χ1v) is 9.95. The van der Waals surface area contributed by atoms with Crippen molar-refractivity contribution in [1.82, 2.24) is 9.97 Å². The second-order valence-corrected chi connectivity index (χ2v) is 7.61. The minimum absolute atomic E-state index is 0.135. The second-order valence-electron chi connectivity index (χ2n) is 7.20. The van der Waals surface area contributed by atoms with Gasteiger partial charge in [0, 0.05) is 23.3 Å². The highest BCUT2D eigenvalue weighted by molar-refractivity contribution is 6.31. The molecule has 0 fully saturated rings. The van der Waals surface area contributed by atoms with E-state index in [1.165, 1.54) is 0 Å². The van der Waals surface area contributed by atoms with Crippen molar-refractivity contribution >= 4 is 28.3 Å². The van der Waals surface area contributed by atoms with Crippen LogP contribution in [-0.2, 0) is 0 Å². The SMILES string of the molecule is COc1cc(C(Nc2cc(C)c(Cl)cn2)c2ccc3cccnc3c2O)ccc1C. The van der Waals surface area contributed by atoms with E-state index < -0.39 is 0 Å². The fraction of sp³-hybridized carbons (Fsp3) is 0.167. The van der Waals surface area contributed by atoms with Crippen LogP contribution >= 0.6 is 11.6 Å². The standard InChI is InChI=1S/C24H22ClN3O2/c1-14-6-7-17(12-20(14)30-3)22(28-21-11-15(2)19(25)13-27-21)18-9-8-16-5-4-10-26-23(16)24(18)29/h4-13,22,29H,1-3H3,(H,27,28). The van der Waals surface area contributed by atoms with E-state index in [1.807, 2.05) is 62.4 Å². The number of phenolic OH excluding ortho intramolecular Hbond substituents is 1. The first kappa shape index (κ1) is 20.0. The number of methoxy groups -OCH3 is 1. The second kappa shape index (κ2) is 8.20. The number of hydrogen-bond acceptors (Lipinski definition) is 5. The lowest BCUT2D eigenvalue weighted by molar-refractivity contribution is 0.411. The average Bonchev–Trinajstić information content (AvgIpc) is 2.76. The summed E-state index contributed by atoms with van der Waals surface area (Å²) in [5.74, 6) is 1.57. The van der Waals surface area contributed by atoms with Gasteiger partial charge < -0.3 is 15.2 Å². The van der Waals surface area contributed by atoms with Crippen molar-refractivity contribution in [3.05, 3.63) is 88.2 Å². The van der Waals surface area contributed by atoms with E-state index in [0.717, 1.165) is 27.8 Å². The van der Waals surface area contributed by atoms with E-state index in [1.54, 1.807) is 19.5 Å². The summed E-state index contributed by atoms with van der Waals surface area (Å²) in [4.78, 5) is 8.77. The van der Waals surface area contributed by atoms with E-state index in [0.29, 0.717) is 21.9 Å². The fourth-order valence-electron chi connectivity index (χ4n) is 3.50. The lowest BCUT2D eigenvalue weighted by Gasteiger charge is -2.23. The Morgan fingerprint density at radius 1 is 1.03 bits per heavy atom. The lowest BCUT2D eigenvalue weighted by atomic mass is 9.95. The number of nitrogens with one attached hydrogen (secondary N) is 1. The molecule has 2 heterocycles. The highest BCUT2D eigenvalue weighted by Gasteiger charge is 2.21. The van der Waals surface area contributed by atoms with Gasteiger partial charge in [-0.3, -0.25) is 4.98 Å². The van der Waals surface area contributed by atoms with E-state index in [-0.39, 0.29) is 11.8 Å². The third-order valence-corrected chi connectivity index (χ3v) is 5.59. The van der Waals surface area contributed by atoms with Gasteiger partial charge in [0.25, 0.3) is 0 Å². The van der Waals surface area contributed by atoms with Gasteiger partial charge in [-0.15, -0.1) is 0 Å². The van der Waals surface area contributed by atoms with Gasteiger partial charge in [-0.1, -0.05) is 41.9 Å². The Hall–Kier alpha value is -3.31. The molecule has 0 radical (unpaired) electrons. The number of phenols is 1. The summed E-state index contributed by atoms with van der Waals surface area (Å²) < 4.78 is 5.52. The normalized spacial score (nSPS) is 12.0. The van der Waals surface area contributed by atoms with Crippen LogP contribution in [0.25, 0.3) is 10.9 Å². The molecule has 0 saturated carbocycles. The number of nitrogens with zero attached hydrogens (tertiary/aromatic N) is 2. The highest BCUT2D eigenvalue weighted by Crippen LogP contribution is 2.37. The van der Waals surface area contributed by atoms with Crippen molar-refractivity contribution in [3.8, 4) is 11.5 Å². The summed E-state index contributed by atoms with van der Waals surface area (Å²) in [7, 11) is 1.65. The number of aryl methyl sites for hydroxylation is 2. The van der Waals surface area contributed by atoms with Crippen LogP contribution < -0.4 is 10.1 Å². The minimum Gasteiger partial charge on any atom is -0.505 e. The van der Waals surface area contributed by atoms with Gasteiger partial charge >= 0.3 is 0 Å². The Kier molecular flexibility index (Phi) is 5.46. The highest BCUT2D eigenvalue weighted by atomic mass is 35.5. The van der Waals surface area contributed by atoms with Gasteiger partial charge in [-0.05, 0) is 48.7 Å². The monoisotopic (exact) mass is 419 g/mol. The molecular formula is C24H22ClN3O2. The van der Waals surface area contributed by atoms with Crippen LogP contribution in [-0.4, -0.2) is 22.2 Å². The summed E-state index contributed by atoms with van der Waals surface area (Å²) >= 11 is 6.14. The van der Waals surface area contributed by atoms with E-state index in [9.17, 15) is 5.11 Å². The molecule has 6 heteroatoms. The van der Waals surface area contributed by atoms with E-state index in [4.69, 9.17) is 16.3 Å². The predicted molar refractivity (Wildman–Crippen MR) is 121 cm³/mol. The van der Waals surface area contributed by atoms with E-state index >= 15 is 0 Å². The van der Waals surface area contributed by atoms with Gasteiger partial charge in [-0.25, -0.2) is 4.98 Å². The van der Waals surface area contributed by atoms with Crippen molar-refractivity contribution in [2.75, 3.05) is 12.4 Å². The van der Waals surface area contributed by atoms with Crippen LogP contribution in [0, 0.1) is 13.8 Å². The molecule has 0 spiro atoms. The number of fused-ring (bicyclic) bond motifs is 1. The molecule has 0 saturated heterocycles. The van der Waals surface area contributed by atoms with Gasteiger partial charge in [0.2, 0.25) is 0 Å². The van der Waals surface area contributed by atoms with Crippen LogP contribution in [0.3, 0.4) is 0 Å². The summed E-state index contributed by atoms with van der Waals surface area (Å²) in [6, 6.07) is 15.1. The number of hydrogen-bond donors (Lipinski definition) is 2. The first-order chi connectivity index (χ1) is 14.5. The number of aromatic hydroxyl groups is 1. The van der Waals surface area contributed by atoms with Gasteiger partial charge in [0.05, 0.1) is 18.2 Å². The quantitative estimate of drug-likeness (QED) is 0.427. The van der Waals surface area contributed by atoms with Crippen LogP contribution in [0.4, 0.5) is 5.82 Å². The number of halogens is 1. The third kappa shape index (κ3) is 3.76. The molecule has 152 valence electrons. The van der Waals surface area contributed by atoms with Crippen molar-refractivity contribution in [3.63, 3.8) is 0 Å². The van der Waals surface area contributed by atoms with Crippen molar-refractivity contribution in [1.29, 1.82) is 0 Å². The maximum absolute atomic E-state index is 11.1. The molecule has 5 nitrogen and oxygen atoms in total. The molecule has 4 aromatic rings. The number of benzene rings is 2. The van der Waals surface area contributed by atoms with Crippen molar-refractivity contribution in [2.45, 2.75) is 19.9 Å². The Morgan fingerprint density at radius 3 is 2.63 bits per heavy atom. The molecule has 4 rings (SSSR count). The summed E-state index contributed by atoms with van der Waals surface area (Å²) in [5.41, 5.74) is 4.13. The molecular weight excluding hydrogens is 398 g/mol. The Labute approximate surface area is 180 Å². The van der Waals surface area contributed by atoms with Gasteiger partial charge in [0.15, 0.2) is 0 Å². The molecule has 30 heavy (non-hydrogen) atoms. The Balaban J connectivity index is 1.87. The molecule has 0 amide bonds. The van der Waals surface area contributed by atoms with Crippen molar-refractivity contribution < 1.29 is 9.84 Å². The van der Waals surface area contributed by atoms with Gasteiger partial charge in [0.1, 0.15) is 22.8 Å². The molecule has 0 aliphatic heterocycles. The minimum atomic E-state index is -0.376. The fourth-order valence-corrected chi connectivity index (χ4v) is 3.60. The summed E-state index contributed by atoms with van der Waals surface area (Å²) in [6.45, 7) is 3.92. The first-order valence-electron chi connectivity index (χ1n) is 9.57. The average molecular weight is 420 g/mol.